The van der Waals surface area contributed by atoms with E-state index >= 15 is 0 Å². The van der Waals surface area contributed by atoms with Crippen LogP contribution in [0.1, 0.15) is 38.4 Å². The molecule has 1 aromatic rings. The van der Waals surface area contributed by atoms with E-state index in [-0.39, 0.29) is 0 Å². The van der Waals surface area contributed by atoms with Crippen LogP contribution in [-0.2, 0) is 11.3 Å². The third kappa shape index (κ3) is 2.87. The number of ether oxygens (including phenoxy) is 1. The molecule has 0 spiro atoms. The van der Waals surface area contributed by atoms with Gasteiger partial charge in [-0.2, -0.15) is 0 Å². The van der Waals surface area contributed by atoms with Crippen LogP contribution in [0.15, 0.2) is 6.07 Å². The number of aromatic nitrogens is 2. The number of anilines is 2. The number of rotatable bonds is 6. The van der Waals surface area contributed by atoms with Crippen molar-refractivity contribution in [3.63, 3.8) is 0 Å². The molecule has 0 saturated heterocycles. The van der Waals surface area contributed by atoms with Crippen molar-refractivity contribution in [3.8, 4) is 0 Å². The first-order valence-electron chi connectivity index (χ1n) is 7.65. The molecule has 2 N–H and O–H groups in total. The summed E-state index contributed by atoms with van der Waals surface area (Å²) in [5.74, 6) is 4.31. The zero-order valence-corrected chi connectivity index (χ0v) is 12.4. The van der Waals surface area contributed by atoms with E-state index < -0.39 is 0 Å². The summed E-state index contributed by atoms with van der Waals surface area (Å²) in [6.07, 6.45) is 5.49. The highest BCUT2D eigenvalue weighted by molar-refractivity contribution is 5.48. The van der Waals surface area contributed by atoms with Crippen LogP contribution in [0, 0.1) is 11.8 Å². The van der Waals surface area contributed by atoms with Gasteiger partial charge in [-0.3, -0.25) is 0 Å². The Morgan fingerprint density at radius 1 is 1.25 bits per heavy atom. The molecular weight excluding hydrogens is 252 g/mol. The molecule has 0 amide bonds. The van der Waals surface area contributed by atoms with Gasteiger partial charge in [0, 0.05) is 25.8 Å². The van der Waals surface area contributed by atoms with Crippen molar-refractivity contribution in [2.24, 2.45) is 11.8 Å². The van der Waals surface area contributed by atoms with Crippen molar-refractivity contribution in [2.45, 2.75) is 45.3 Å². The lowest BCUT2D eigenvalue weighted by Gasteiger charge is -2.23. The van der Waals surface area contributed by atoms with Gasteiger partial charge in [0.1, 0.15) is 18.2 Å². The molecule has 5 nitrogen and oxygen atoms in total. The van der Waals surface area contributed by atoms with Gasteiger partial charge in [0.05, 0.1) is 0 Å². The lowest BCUT2D eigenvalue weighted by Crippen LogP contribution is -2.26. The molecule has 3 rings (SSSR count). The highest BCUT2D eigenvalue weighted by Crippen LogP contribution is 2.45. The number of hydrogen-bond acceptors (Lipinski definition) is 5. The fraction of sp³-hybridized carbons (Fsp3) is 0.733. The van der Waals surface area contributed by atoms with Crippen molar-refractivity contribution in [1.29, 1.82) is 0 Å². The third-order valence-corrected chi connectivity index (χ3v) is 4.48. The van der Waals surface area contributed by atoms with Crippen LogP contribution in [0.2, 0.25) is 0 Å². The molecule has 3 atom stereocenters. The van der Waals surface area contributed by atoms with Gasteiger partial charge < -0.3 is 15.4 Å². The Balaban J connectivity index is 1.73. The van der Waals surface area contributed by atoms with Crippen LogP contribution in [0.25, 0.3) is 0 Å². The fourth-order valence-electron chi connectivity index (χ4n) is 3.65. The van der Waals surface area contributed by atoms with Gasteiger partial charge in [-0.15, -0.1) is 0 Å². The van der Waals surface area contributed by atoms with Crippen molar-refractivity contribution in [2.75, 3.05) is 24.3 Å². The zero-order chi connectivity index (χ0) is 13.9. The van der Waals surface area contributed by atoms with Gasteiger partial charge in [-0.05, 0) is 38.0 Å². The molecule has 2 fully saturated rings. The fourth-order valence-corrected chi connectivity index (χ4v) is 3.65. The molecule has 1 aromatic heterocycles. The topological polar surface area (TPSA) is 59.1 Å². The molecule has 2 saturated carbocycles. The Morgan fingerprint density at radius 2 is 2.10 bits per heavy atom. The summed E-state index contributed by atoms with van der Waals surface area (Å²) in [5, 5.41) is 6.88. The van der Waals surface area contributed by atoms with Crippen LogP contribution >= 0.6 is 0 Å². The summed E-state index contributed by atoms with van der Waals surface area (Å²) in [6.45, 7) is 3.38. The SMILES string of the molecule is CCNc1cc(NC2CC3CCC2C3)nc(COC)n1. The van der Waals surface area contributed by atoms with E-state index in [1.54, 1.807) is 7.11 Å². The van der Waals surface area contributed by atoms with Crippen LogP contribution in [0.3, 0.4) is 0 Å². The number of nitrogens with zero attached hydrogens (tertiary/aromatic N) is 2. The van der Waals surface area contributed by atoms with Gasteiger partial charge >= 0.3 is 0 Å². The van der Waals surface area contributed by atoms with Gasteiger partial charge in [-0.25, -0.2) is 9.97 Å². The standard InChI is InChI=1S/C15H24N4O/c1-3-16-13-8-14(19-15(18-13)9-20-2)17-12-7-10-4-5-11(12)6-10/h8,10-12H,3-7,9H2,1-2H3,(H2,16,17,18,19). The lowest BCUT2D eigenvalue weighted by molar-refractivity contribution is 0.178. The lowest BCUT2D eigenvalue weighted by atomic mass is 9.95. The van der Waals surface area contributed by atoms with Crippen molar-refractivity contribution in [1.82, 2.24) is 9.97 Å². The summed E-state index contributed by atoms with van der Waals surface area (Å²) < 4.78 is 5.15. The number of nitrogens with one attached hydrogen (secondary N) is 2. The predicted octanol–water partition coefficient (Wildman–Crippen LogP) is 2.66. The molecule has 0 radical (unpaired) electrons. The summed E-state index contributed by atoms with van der Waals surface area (Å²) in [7, 11) is 1.67. The first-order chi connectivity index (χ1) is 9.78. The Hall–Kier alpha value is -1.36. The van der Waals surface area contributed by atoms with Crippen LogP contribution in [0.4, 0.5) is 11.6 Å². The number of fused-ring (bicyclic) bond motifs is 2. The van der Waals surface area contributed by atoms with Crippen molar-refractivity contribution in [3.05, 3.63) is 11.9 Å². The molecule has 20 heavy (non-hydrogen) atoms. The van der Waals surface area contributed by atoms with E-state index in [4.69, 9.17) is 4.74 Å². The monoisotopic (exact) mass is 276 g/mol. The summed E-state index contributed by atoms with van der Waals surface area (Å²) >= 11 is 0. The van der Waals surface area contributed by atoms with Crippen LogP contribution in [-0.4, -0.2) is 29.7 Å². The first-order valence-corrected chi connectivity index (χ1v) is 7.65. The average molecular weight is 276 g/mol. The smallest absolute Gasteiger partial charge is 0.158 e. The minimum absolute atomic E-state index is 0.449. The summed E-state index contributed by atoms with van der Waals surface area (Å²) in [4.78, 5) is 9.01. The van der Waals surface area contributed by atoms with Gasteiger partial charge in [0.15, 0.2) is 5.82 Å². The summed E-state index contributed by atoms with van der Waals surface area (Å²) in [5.41, 5.74) is 0. The van der Waals surface area contributed by atoms with Gasteiger partial charge in [0.2, 0.25) is 0 Å². The first kappa shape index (κ1) is 13.6. The Morgan fingerprint density at radius 3 is 2.75 bits per heavy atom. The van der Waals surface area contributed by atoms with Crippen molar-refractivity contribution >= 4 is 11.6 Å². The minimum Gasteiger partial charge on any atom is -0.377 e. The zero-order valence-electron chi connectivity index (χ0n) is 12.4. The van der Waals surface area contributed by atoms with Crippen LogP contribution in [0.5, 0.6) is 0 Å². The molecule has 110 valence electrons. The minimum atomic E-state index is 0.449. The van der Waals surface area contributed by atoms with E-state index in [0.717, 1.165) is 35.8 Å². The number of methoxy groups -OCH3 is 1. The largest absolute Gasteiger partial charge is 0.377 e. The second-order valence-electron chi connectivity index (χ2n) is 5.94. The molecule has 2 aliphatic carbocycles. The molecular formula is C15H24N4O. The normalized spacial score (nSPS) is 27.8. The second-order valence-corrected chi connectivity index (χ2v) is 5.94. The van der Waals surface area contributed by atoms with Crippen molar-refractivity contribution < 1.29 is 4.74 Å². The second kappa shape index (κ2) is 5.95. The maximum atomic E-state index is 5.15. The Bertz CT molecular complexity index is 441. The summed E-state index contributed by atoms with van der Waals surface area (Å²) in [6, 6.07) is 2.60. The van der Waals surface area contributed by atoms with Gasteiger partial charge in [-0.1, -0.05) is 6.42 Å². The van der Waals surface area contributed by atoms with Gasteiger partial charge in [0.25, 0.3) is 0 Å². The maximum Gasteiger partial charge on any atom is 0.158 e. The average Bonchev–Trinajstić information content (AvgIpc) is 3.01. The van der Waals surface area contributed by atoms with E-state index in [1.165, 1.54) is 25.7 Å². The third-order valence-electron chi connectivity index (χ3n) is 4.48. The van der Waals surface area contributed by atoms with E-state index in [2.05, 4.69) is 27.5 Å². The molecule has 3 unspecified atom stereocenters. The molecule has 5 heteroatoms. The quantitative estimate of drug-likeness (QED) is 0.836. The molecule has 2 aliphatic rings. The van der Waals surface area contributed by atoms with E-state index in [0.29, 0.717) is 12.6 Å². The Labute approximate surface area is 120 Å². The molecule has 1 heterocycles. The highest BCUT2D eigenvalue weighted by atomic mass is 16.5. The maximum absolute atomic E-state index is 5.15. The molecule has 0 aliphatic heterocycles. The molecule has 2 bridgehead atoms. The molecule has 0 aromatic carbocycles. The Kier molecular flexibility index (Phi) is 4.05. The number of hydrogen-bond donors (Lipinski definition) is 2. The van der Waals surface area contributed by atoms with Crippen LogP contribution < -0.4 is 10.6 Å². The highest BCUT2D eigenvalue weighted by Gasteiger charge is 2.39. The van der Waals surface area contributed by atoms with E-state index in [1.807, 2.05) is 6.07 Å². The van der Waals surface area contributed by atoms with E-state index in [9.17, 15) is 0 Å². The predicted molar refractivity (Wildman–Crippen MR) is 79.8 cm³/mol.